The normalized spacial score (nSPS) is 13.5. The van der Waals surface area contributed by atoms with Gasteiger partial charge >= 0.3 is 12.1 Å². The van der Waals surface area contributed by atoms with E-state index in [1.165, 1.54) is 21.0 Å². The average Bonchev–Trinajstić information content (AvgIpc) is 3.23. The van der Waals surface area contributed by atoms with Crippen molar-refractivity contribution in [3.63, 3.8) is 0 Å². The van der Waals surface area contributed by atoms with Crippen molar-refractivity contribution < 1.29 is 48.1 Å². The molecule has 3 aromatic carbocycles. The summed E-state index contributed by atoms with van der Waals surface area (Å²) < 4.78 is 16.4. The molecule has 0 radical (unpaired) electrons. The fourth-order valence-corrected chi connectivity index (χ4v) is 6.10. The number of aliphatic hydroxyl groups is 1. The first-order valence-electron chi connectivity index (χ1n) is 19.9. The van der Waals surface area contributed by atoms with Gasteiger partial charge in [0.15, 0.2) is 0 Å². The quantitative estimate of drug-likeness (QED) is 0.0714. The highest BCUT2D eigenvalue weighted by atomic mass is 16.6. The summed E-state index contributed by atoms with van der Waals surface area (Å²) in [7, 11) is 1.18. The van der Waals surface area contributed by atoms with E-state index in [9.17, 15) is 33.9 Å². The molecule has 0 bridgehead atoms. The molecule has 0 aromatic heterocycles. The third-order valence-corrected chi connectivity index (χ3v) is 9.64. The molecule has 0 heterocycles. The van der Waals surface area contributed by atoms with Gasteiger partial charge in [0, 0.05) is 18.9 Å². The lowest BCUT2D eigenvalue weighted by molar-refractivity contribution is -0.147. The van der Waals surface area contributed by atoms with E-state index in [0.717, 1.165) is 29.5 Å². The first-order chi connectivity index (χ1) is 28.2. The SMILES string of the molecule is CCCCCC(=O)NC(C(=O)NC(C(=O)OC)C(C)C)C(CO)CNC(=O)[C@H](C)N(C(=O)OCc1ccccc1-c1ccc(OCc2ccccc2)cc1)C(=O)[C@H](C)N. The summed E-state index contributed by atoms with van der Waals surface area (Å²) in [5, 5.41) is 18.2. The number of imide groups is 1. The van der Waals surface area contributed by atoms with E-state index in [0.29, 0.717) is 29.2 Å². The number of nitrogens with zero attached hydrogens (tertiary/aromatic N) is 1. The van der Waals surface area contributed by atoms with Gasteiger partial charge in [0.1, 0.15) is 37.1 Å². The maximum atomic E-state index is 13.6. The third-order valence-electron chi connectivity index (χ3n) is 9.64. The van der Waals surface area contributed by atoms with Gasteiger partial charge in [0.2, 0.25) is 23.6 Å². The molecule has 0 fully saturated rings. The fourth-order valence-electron chi connectivity index (χ4n) is 6.10. The number of rotatable bonds is 22. The second-order valence-electron chi connectivity index (χ2n) is 14.6. The third kappa shape index (κ3) is 14.5. The lowest BCUT2D eigenvalue weighted by Gasteiger charge is -2.30. The van der Waals surface area contributed by atoms with Gasteiger partial charge < -0.3 is 41.0 Å². The molecule has 5 amide bonds. The molecule has 6 N–H and O–H groups in total. The number of aliphatic hydroxyl groups excluding tert-OH is 1. The van der Waals surface area contributed by atoms with Crippen LogP contribution in [0.15, 0.2) is 78.9 Å². The van der Waals surface area contributed by atoms with Crippen LogP contribution in [0.3, 0.4) is 0 Å². The van der Waals surface area contributed by atoms with Crippen LogP contribution in [0.5, 0.6) is 5.75 Å². The van der Waals surface area contributed by atoms with Crippen LogP contribution < -0.4 is 26.4 Å². The van der Waals surface area contributed by atoms with Crippen molar-refractivity contribution in [1.82, 2.24) is 20.9 Å². The Hall–Kier alpha value is -5.80. The Morgan fingerprint density at radius 3 is 2.07 bits per heavy atom. The number of carbonyl (C=O) groups excluding carboxylic acids is 6. The van der Waals surface area contributed by atoms with Gasteiger partial charge in [0.25, 0.3) is 0 Å². The van der Waals surface area contributed by atoms with Gasteiger partial charge in [-0.15, -0.1) is 0 Å². The number of benzene rings is 3. The number of carbonyl (C=O) groups is 6. The van der Waals surface area contributed by atoms with E-state index in [2.05, 4.69) is 16.0 Å². The van der Waals surface area contributed by atoms with E-state index in [-0.39, 0.29) is 25.5 Å². The maximum absolute atomic E-state index is 13.6. The monoisotopic (exact) mass is 817 g/mol. The zero-order chi connectivity index (χ0) is 43.5. The predicted molar refractivity (Wildman–Crippen MR) is 221 cm³/mol. The molecule has 0 spiro atoms. The first-order valence-corrected chi connectivity index (χ1v) is 19.9. The number of methoxy groups -OCH3 is 1. The molecule has 3 unspecified atom stereocenters. The van der Waals surface area contributed by atoms with Crippen LogP contribution in [0.4, 0.5) is 4.79 Å². The highest BCUT2D eigenvalue weighted by Gasteiger charge is 2.37. The van der Waals surface area contributed by atoms with E-state index >= 15 is 0 Å². The van der Waals surface area contributed by atoms with Crippen LogP contribution in [0.2, 0.25) is 0 Å². The van der Waals surface area contributed by atoms with Gasteiger partial charge in [-0.3, -0.25) is 19.2 Å². The lowest BCUT2D eigenvalue weighted by atomic mass is 9.97. The molecule has 15 nitrogen and oxygen atoms in total. The van der Waals surface area contributed by atoms with E-state index in [1.54, 1.807) is 26.0 Å². The minimum Gasteiger partial charge on any atom is -0.489 e. The van der Waals surface area contributed by atoms with Crippen molar-refractivity contribution >= 4 is 35.7 Å². The second-order valence-corrected chi connectivity index (χ2v) is 14.6. The van der Waals surface area contributed by atoms with Gasteiger partial charge in [-0.2, -0.15) is 0 Å². The van der Waals surface area contributed by atoms with Crippen molar-refractivity contribution in [3.05, 3.63) is 90.0 Å². The summed E-state index contributed by atoms with van der Waals surface area (Å²) in [6.07, 6.45) is 1.20. The average molecular weight is 818 g/mol. The molecule has 15 heteroatoms. The van der Waals surface area contributed by atoms with Crippen LogP contribution in [-0.4, -0.2) is 90.1 Å². The zero-order valence-electron chi connectivity index (χ0n) is 34.8. The summed E-state index contributed by atoms with van der Waals surface area (Å²) in [5.74, 6) is -4.42. The number of nitrogens with two attached hydrogens (primary N) is 1. The second kappa shape index (κ2) is 24.2. The summed E-state index contributed by atoms with van der Waals surface area (Å²) in [4.78, 5) is 80.0. The van der Waals surface area contributed by atoms with Gasteiger partial charge in [0.05, 0.1) is 19.8 Å². The molecule has 59 heavy (non-hydrogen) atoms. The molecular formula is C44H59N5O10. The van der Waals surface area contributed by atoms with Crippen LogP contribution in [0.25, 0.3) is 11.1 Å². The molecule has 320 valence electrons. The lowest BCUT2D eigenvalue weighted by Crippen LogP contribution is -2.59. The summed E-state index contributed by atoms with van der Waals surface area (Å²) >= 11 is 0. The predicted octanol–water partition coefficient (Wildman–Crippen LogP) is 4.24. The highest BCUT2D eigenvalue weighted by Crippen LogP contribution is 2.27. The Morgan fingerprint density at radius 2 is 1.46 bits per heavy atom. The van der Waals surface area contributed by atoms with Crippen LogP contribution in [0, 0.1) is 11.8 Å². The standard InChI is InChI=1S/C44H59N5O10/c1-7-8-10-19-37(51)47-39(41(53)48-38(28(2)3)43(55)57-6)34(25-50)24-46-40(52)30(5)49(42(54)29(4)45)44(56)59-27-33-17-13-14-18-36(33)32-20-22-35(23-21-32)58-26-31-15-11-9-12-16-31/h9,11-18,20-23,28-30,34,38-39,50H,7-8,10,19,24-27,45H2,1-6H3,(H,46,52)(H,47,51)(H,48,53)/t29-,30-,34?,38?,39?/m0/s1. The van der Waals surface area contributed by atoms with Crippen LogP contribution >= 0.6 is 0 Å². The Balaban J connectivity index is 1.74. The molecule has 5 atom stereocenters. The summed E-state index contributed by atoms with van der Waals surface area (Å²) in [6.45, 7) is 7.18. The Bertz CT molecular complexity index is 1840. The molecule has 3 aromatic rings. The number of hydrogen-bond acceptors (Lipinski definition) is 11. The molecule has 0 aliphatic carbocycles. The first kappa shape index (κ1) is 47.6. The fraction of sp³-hybridized carbons (Fsp3) is 0.455. The topological polar surface area (TPSA) is 216 Å². The minimum absolute atomic E-state index is 0.112. The van der Waals surface area contributed by atoms with Crippen molar-refractivity contribution in [1.29, 1.82) is 0 Å². The molecule has 0 saturated heterocycles. The number of ether oxygens (including phenoxy) is 3. The van der Waals surface area contributed by atoms with Gasteiger partial charge in [-0.1, -0.05) is 100 Å². The Morgan fingerprint density at radius 1 is 0.797 bits per heavy atom. The summed E-state index contributed by atoms with van der Waals surface area (Å²) in [6, 6.07) is 19.4. The van der Waals surface area contributed by atoms with E-state index in [4.69, 9.17) is 19.9 Å². The smallest absolute Gasteiger partial charge is 0.417 e. The van der Waals surface area contributed by atoms with Crippen molar-refractivity contribution in [3.8, 4) is 16.9 Å². The Labute approximate surface area is 346 Å². The summed E-state index contributed by atoms with van der Waals surface area (Å²) in [5.41, 5.74) is 9.15. The number of nitrogens with one attached hydrogen (secondary N) is 3. The Kier molecular flexibility index (Phi) is 19.5. The largest absolute Gasteiger partial charge is 0.489 e. The highest BCUT2D eigenvalue weighted by molar-refractivity contribution is 6.00. The van der Waals surface area contributed by atoms with Gasteiger partial charge in [-0.25, -0.2) is 14.5 Å². The van der Waals surface area contributed by atoms with Crippen molar-refractivity contribution in [2.45, 2.75) is 97.7 Å². The van der Waals surface area contributed by atoms with E-state index in [1.807, 2.05) is 73.7 Å². The van der Waals surface area contributed by atoms with E-state index < -0.39 is 72.4 Å². The number of hydrogen-bond donors (Lipinski definition) is 5. The number of esters is 1. The van der Waals surface area contributed by atoms with Crippen molar-refractivity contribution in [2.75, 3.05) is 20.3 Å². The zero-order valence-corrected chi connectivity index (χ0v) is 34.8. The minimum atomic E-state index is -1.44. The van der Waals surface area contributed by atoms with Gasteiger partial charge in [-0.05, 0) is 60.6 Å². The van der Waals surface area contributed by atoms with Crippen molar-refractivity contribution in [2.24, 2.45) is 17.6 Å². The van der Waals surface area contributed by atoms with Crippen LogP contribution in [0.1, 0.15) is 71.4 Å². The molecule has 0 saturated carbocycles. The maximum Gasteiger partial charge on any atom is 0.417 e. The molecule has 3 rings (SSSR count). The van der Waals surface area contributed by atoms with Crippen LogP contribution in [-0.2, 0) is 46.7 Å². The molecule has 0 aliphatic rings. The number of unbranched alkanes of at least 4 members (excludes halogenated alkanes) is 2. The number of amides is 5. The molecular weight excluding hydrogens is 759 g/mol. The molecule has 0 aliphatic heterocycles.